The number of halogens is 2. The molecule has 0 aromatic heterocycles. The Kier molecular flexibility index (Phi) is 2.74. The van der Waals surface area contributed by atoms with Gasteiger partial charge in [0.2, 0.25) is 0 Å². The number of carbonyl (C=O) groups is 1. The summed E-state index contributed by atoms with van der Waals surface area (Å²) in [6.07, 6.45) is 4.07. The Balaban J connectivity index is 2.06. The molecule has 0 aromatic rings. The van der Waals surface area contributed by atoms with E-state index in [1.807, 2.05) is 6.08 Å². The number of allylic oxidation sites excluding steroid dienone is 1. The summed E-state index contributed by atoms with van der Waals surface area (Å²) in [6, 6.07) is 0. The van der Waals surface area contributed by atoms with E-state index in [0.717, 1.165) is 6.42 Å². The third-order valence-electron chi connectivity index (χ3n) is 3.04. The molecule has 0 heterocycles. The van der Waals surface area contributed by atoms with Crippen LogP contribution in [0.15, 0.2) is 12.2 Å². The lowest BCUT2D eigenvalue weighted by Crippen LogP contribution is -2.41. The van der Waals surface area contributed by atoms with Crippen LogP contribution in [-0.4, -0.2) is 30.3 Å². The fourth-order valence-corrected chi connectivity index (χ4v) is 2.44. The molecule has 2 bridgehead atoms. The molecule has 2 aliphatic carbocycles. The highest BCUT2D eigenvalue weighted by molar-refractivity contribution is 7.87. The molecular formula is C9H10F2O5S. The summed E-state index contributed by atoms with van der Waals surface area (Å²) in [7, 11) is -5.78. The van der Waals surface area contributed by atoms with Crippen molar-refractivity contribution in [3.8, 4) is 0 Å². The molecule has 1 fully saturated rings. The van der Waals surface area contributed by atoms with Gasteiger partial charge in [0.05, 0.1) is 0 Å². The molecule has 17 heavy (non-hydrogen) atoms. The lowest BCUT2D eigenvalue weighted by Gasteiger charge is -2.21. The number of carbonyl (C=O) groups excluding carboxylic acids is 1. The average Bonchev–Trinajstić information content (AvgIpc) is 2.76. The molecule has 3 unspecified atom stereocenters. The first-order valence-electron chi connectivity index (χ1n) is 4.96. The molecule has 1 saturated carbocycles. The Morgan fingerprint density at radius 3 is 2.41 bits per heavy atom. The van der Waals surface area contributed by atoms with E-state index in [4.69, 9.17) is 4.55 Å². The molecule has 0 radical (unpaired) electrons. The van der Waals surface area contributed by atoms with E-state index in [1.54, 1.807) is 6.08 Å². The lowest BCUT2D eigenvalue weighted by atomic mass is 10.0. The van der Waals surface area contributed by atoms with Crippen LogP contribution in [0.5, 0.6) is 0 Å². The predicted octanol–water partition coefficient (Wildman–Crippen LogP) is 0.975. The average molecular weight is 268 g/mol. The van der Waals surface area contributed by atoms with Crippen LogP contribution in [0.2, 0.25) is 0 Å². The van der Waals surface area contributed by atoms with Crippen molar-refractivity contribution in [1.82, 2.24) is 0 Å². The van der Waals surface area contributed by atoms with Crippen LogP contribution in [0.25, 0.3) is 0 Å². The fraction of sp³-hybridized carbons (Fsp3) is 0.667. The Morgan fingerprint density at radius 2 is 2.00 bits per heavy atom. The molecule has 0 spiro atoms. The van der Waals surface area contributed by atoms with Gasteiger partial charge in [-0.1, -0.05) is 12.2 Å². The maximum Gasteiger partial charge on any atom is 0.465 e. The lowest BCUT2D eigenvalue weighted by molar-refractivity contribution is -0.168. The van der Waals surface area contributed by atoms with E-state index in [-0.39, 0.29) is 11.8 Å². The Hall–Kier alpha value is -1.02. The second-order valence-corrected chi connectivity index (χ2v) is 5.68. The topological polar surface area (TPSA) is 80.7 Å². The minimum atomic E-state index is -5.78. The number of hydrogen-bond acceptors (Lipinski definition) is 4. The number of esters is 1. The zero-order valence-corrected chi connectivity index (χ0v) is 9.36. The maximum absolute atomic E-state index is 12.9. The zero-order valence-electron chi connectivity index (χ0n) is 8.55. The summed E-state index contributed by atoms with van der Waals surface area (Å²) < 4.78 is 59.1. The van der Waals surface area contributed by atoms with Crippen molar-refractivity contribution >= 4 is 16.1 Å². The Bertz CT molecular complexity index is 470. The SMILES string of the molecule is O=C(OC1CC2C=CC1C2)C(F)(F)S(=O)(=O)O. The molecule has 2 rings (SSSR count). The summed E-state index contributed by atoms with van der Waals surface area (Å²) in [5, 5.41) is -4.90. The van der Waals surface area contributed by atoms with Gasteiger partial charge >= 0.3 is 21.3 Å². The van der Waals surface area contributed by atoms with E-state index in [9.17, 15) is 22.0 Å². The van der Waals surface area contributed by atoms with E-state index < -0.39 is 27.4 Å². The van der Waals surface area contributed by atoms with Crippen LogP contribution in [0, 0.1) is 11.8 Å². The van der Waals surface area contributed by atoms with Crippen LogP contribution < -0.4 is 0 Å². The third-order valence-corrected chi connectivity index (χ3v) is 3.85. The van der Waals surface area contributed by atoms with E-state index in [1.165, 1.54) is 0 Å². The Morgan fingerprint density at radius 1 is 1.35 bits per heavy atom. The van der Waals surface area contributed by atoms with Crippen molar-refractivity contribution in [3.05, 3.63) is 12.2 Å². The minimum Gasteiger partial charge on any atom is -0.456 e. The zero-order chi connectivity index (χ0) is 12.8. The molecule has 0 aromatic carbocycles. The van der Waals surface area contributed by atoms with Gasteiger partial charge in [0.15, 0.2) is 0 Å². The fourth-order valence-electron chi connectivity index (χ4n) is 2.18. The molecule has 3 atom stereocenters. The van der Waals surface area contributed by atoms with Gasteiger partial charge in [-0.2, -0.15) is 17.2 Å². The molecule has 8 heteroatoms. The van der Waals surface area contributed by atoms with Gasteiger partial charge in [-0.25, -0.2) is 4.79 Å². The van der Waals surface area contributed by atoms with Gasteiger partial charge < -0.3 is 4.74 Å². The normalized spacial score (nSPS) is 31.8. The summed E-state index contributed by atoms with van der Waals surface area (Å²) in [4.78, 5) is 11.0. The first kappa shape index (κ1) is 12.4. The van der Waals surface area contributed by atoms with Crippen molar-refractivity contribution in [2.24, 2.45) is 11.8 Å². The van der Waals surface area contributed by atoms with E-state index >= 15 is 0 Å². The highest BCUT2D eigenvalue weighted by Gasteiger charge is 2.55. The Labute approximate surface area is 96.2 Å². The van der Waals surface area contributed by atoms with Gasteiger partial charge in [-0.3, -0.25) is 4.55 Å². The smallest absolute Gasteiger partial charge is 0.456 e. The second kappa shape index (κ2) is 3.74. The molecule has 2 aliphatic rings. The molecule has 0 aliphatic heterocycles. The summed E-state index contributed by atoms with van der Waals surface area (Å²) in [6.45, 7) is 0. The molecule has 96 valence electrons. The summed E-state index contributed by atoms with van der Waals surface area (Å²) in [5.41, 5.74) is 0. The van der Waals surface area contributed by atoms with Crippen molar-refractivity contribution < 1.29 is 31.3 Å². The van der Waals surface area contributed by atoms with Crippen molar-refractivity contribution in [1.29, 1.82) is 0 Å². The first-order chi connectivity index (χ1) is 7.72. The van der Waals surface area contributed by atoms with Crippen LogP contribution in [0.1, 0.15) is 12.8 Å². The third kappa shape index (κ3) is 2.06. The monoisotopic (exact) mass is 268 g/mol. The van der Waals surface area contributed by atoms with Crippen LogP contribution in [0.3, 0.4) is 0 Å². The second-order valence-electron chi connectivity index (χ2n) is 4.22. The molecule has 0 amide bonds. The molecule has 5 nitrogen and oxygen atoms in total. The summed E-state index contributed by atoms with van der Waals surface area (Å²) >= 11 is 0. The molecular weight excluding hydrogens is 258 g/mol. The first-order valence-corrected chi connectivity index (χ1v) is 6.40. The van der Waals surface area contributed by atoms with E-state index in [2.05, 4.69) is 4.74 Å². The van der Waals surface area contributed by atoms with Gasteiger partial charge in [0, 0.05) is 5.92 Å². The minimum absolute atomic E-state index is 0.138. The maximum atomic E-state index is 12.9. The number of hydrogen-bond donors (Lipinski definition) is 1. The van der Waals surface area contributed by atoms with Crippen molar-refractivity contribution in [2.75, 3.05) is 0 Å². The quantitative estimate of drug-likeness (QED) is 0.468. The van der Waals surface area contributed by atoms with Gasteiger partial charge in [0.25, 0.3) is 0 Å². The highest BCUT2D eigenvalue weighted by Crippen LogP contribution is 2.41. The number of rotatable bonds is 3. The van der Waals surface area contributed by atoms with Crippen LogP contribution >= 0.6 is 0 Å². The summed E-state index contributed by atoms with van der Waals surface area (Å²) in [5.74, 6) is -2.16. The van der Waals surface area contributed by atoms with Gasteiger partial charge in [-0.15, -0.1) is 0 Å². The number of ether oxygens (including phenoxy) is 1. The van der Waals surface area contributed by atoms with Crippen LogP contribution in [0.4, 0.5) is 8.78 Å². The largest absolute Gasteiger partial charge is 0.465 e. The van der Waals surface area contributed by atoms with E-state index in [0.29, 0.717) is 6.42 Å². The molecule has 0 saturated heterocycles. The standard InChI is InChI=1S/C9H10F2O5S/c10-9(11,17(13,14)15)8(12)16-7-4-5-1-2-6(7)3-5/h1-2,5-7H,3-4H2,(H,13,14,15). The highest BCUT2D eigenvalue weighted by atomic mass is 32.2. The van der Waals surface area contributed by atoms with Crippen molar-refractivity contribution in [2.45, 2.75) is 24.2 Å². The number of alkyl halides is 2. The van der Waals surface area contributed by atoms with Crippen LogP contribution in [-0.2, 0) is 19.6 Å². The van der Waals surface area contributed by atoms with Gasteiger partial charge in [0.1, 0.15) is 6.10 Å². The molecule has 1 N–H and O–H groups in total. The predicted molar refractivity (Wildman–Crippen MR) is 51.7 cm³/mol. The van der Waals surface area contributed by atoms with Gasteiger partial charge in [-0.05, 0) is 18.8 Å². The number of fused-ring (bicyclic) bond motifs is 2. The van der Waals surface area contributed by atoms with Crippen molar-refractivity contribution in [3.63, 3.8) is 0 Å².